The molecule has 0 radical (unpaired) electrons. The van der Waals surface area contributed by atoms with Gasteiger partial charge in [0.05, 0.1) is 55.2 Å². The first-order valence-corrected chi connectivity index (χ1v) is 33.5. The monoisotopic (exact) mass is 1440 g/mol. The van der Waals surface area contributed by atoms with Gasteiger partial charge in [-0.05, 0) is 6.92 Å². The molecule has 5 atom stereocenters. The van der Waals surface area contributed by atoms with E-state index in [-0.39, 0.29) is 39.4 Å². The third-order valence-corrected chi connectivity index (χ3v) is 17.4. The quantitative estimate of drug-likeness (QED) is 0.0203. The Morgan fingerprint density at radius 2 is 1.03 bits per heavy atom. The molecule has 95 heavy (non-hydrogen) atoms. The van der Waals surface area contributed by atoms with E-state index in [1.54, 1.807) is 6.92 Å². The van der Waals surface area contributed by atoms with Crippen LogP contribution in [-0.4, -0.2) is 107 Å². The molecular formula is C43H52N19O28P5. The van der Waals surface area contributed by atoms with Crippen LogP contribution < -0.4 is 56.7 Å². The molecule has 0 saturated carbocycles. The number of fused-ring (bicyclic) bond motifs is 3. The Morgan fingerprint density at radius 1 is 0.495 bits per heavy atom. The summed E-state index contributed by atoms with van der Waals surface area (Å²) in [5, 5.41) is 19.5. The Morgan fingerprint density at radius 3 is 1.66 bits per heavy atom. The molecule has 0 aromatic carbocycles. The number of pyridine rings is 1. The van der Waals surface area contributed by atoms with Crippen molar-refractivity contribution >= 4 is 95.6 Å². The third-order valence-electron chi connectivity index (χ3n) is 12.9. The third kappa shape index (κ3) is 17.4. The summed E-state index contributed by atoms with van der Waals surface area (Å²) in [7, 11) is -26.0. The highest BCUT2D eigenvalue weighted by molar-refractivity contribution is 7.48. The number of aliphatic hydroxyl groups excluding tert-OH is 2. The van der Waals surface area contributed by atoms with E-state index in [2.05, 4.69) is 34.9 Å². The van der Waals surface area contributed by atoms with Crippen molar-refractivity contribution in [3.8, 4) is 0 Å². The lowest BCUT2D eigenvalue weighted by molar-refractivity contribution is 0.0979. The molecule has 512 valence electrons. The second-order valence-electron chi connectivity index (χ2n) is 19.3. The fourth-order valence-electron chi connectivity index (χ4n) is 8.55. The number of nitrogens with one attached hydrogen (secondary N) is 3. The van der Waals surface area contributed by atoms with Gasteiger partial charge in [-0.1, -0.05) is 0 Å². The summed E-state index contributed by atoms with van der Waals surface area (Å²) in [5.41, 5.74) is 16.0. The van der Waals surface area contributed by atoms with Crippen LogP contribution in [0.25, 0.3) is 33.1 Å². The Labute approximate surface area is 524 Å². The Hall–Kier alpha value is -8.43. The number of nitrogens with two attached hydrogens (primary N) is 4. The van der Waals surface area contributed by atoms with Gasteiger partial charge in [-0.2, -0.15) is 9.97 Å². The first-order chi connectivity index (χ1) is 44.6. The molecule has 52 heteroatoms. The van der Waals surface area contributed by atoms with E-state index in [0.717, 1.165) is 40.1 Å². The molecule has 0 amide bonds. The minimum atomic E-state index is -5.29. The SMILES string of the molecule is Cc1nc(N)cc2c1c(COP(=O)(O)OCn1c(COP(=O)(O)OCn3cc(COP(=O)(O)OCn4cc(COP(=O)(O)OCn5c(COP(=O)(O)OCn6cc(CO)c(=O)[nH]c6=O)nc6c(=O)[nH]c(N)nc65)c(N)nc4=O)c4c(N)ncnc43)cc(=O)[nH]c1=O)cn2CO. The van der Waals surface area contributed by atoms with Gasteiger partial charge in [0.25, 0.3) is 16.7 Å². The van der Waals surface area contributed by atoms with Crippen molar-refractivity contribution in [2.24, 2.45) is 0 Å². The number of hydrogen-bond donors (Lipinski definition) is 14. The van der Waals surface area contributed by atoms with Crippen LogP contribution in [0.15, 0.2) is 72.0 Å². The molecule has 0 aliphatic rings. The molecule has 9 aromatic rings. The predicted molar refractivity (Wildman–Crippen MR) is 316 cm³/mol. The summed E-state index contributed by atoms with van der Waals surface area (Å²) in [6.07, 6.45) is 5.21. The van der Waals surface area contributed by atoms with Crippen molar-refractivity contribution in [2.75, 3.05) is 22.9 Å². The molecule has 0 fully saturated rings. The standard InChI is InChI=1S/C43H52N19O28P5/c1-21-31-23(5-57(15-64)27(31)3-28(44)50-21)9-81-92(73,74)89-19-61-26(2-30(65)52-43(61)70)12-84-94(77,78)86-16-58-6-24(32-35(46)48-14-49-36(32)58)10-82-91(71,72)87-18-60-7-25(34(45)53-41(60)68)11-83-93(75,76)90-20-62-29(51-33-37(62)54-40(47)55-39(33)67)13-85-95(79,80)88-17-59-4-22(8-63)38(66)56-42(59)69/h2-7,14,63-64H,8-13,15-20H2,1H3,(H2,44,50)(H,71,72)(H,73,74)(H,75,76)(H,77,78)(H,79,80)(H2,45,53,68)(H2,46,48,49)(H,52,65,70)(H,56,66,69)(H3,47,54,55,67). The van der Waals surface area contributed by atoms with Gasteiger partial charge >= 0.3 is 56.2 Å². The number of aryl methyl sites for hydroxylation is 1. The average molecular weight is 1440 g/mol. The number of rotatable bonds is 32. The van der Waals surface area contributed by atoms with Crippen LogP contribution in [0.1, 0.15) is 39.5 Å². The highest BCUT2D eigenvalue weighted by Crippen LogP contribution is 2.49. The first kappa shape index (κ1) is 70.9. The predicted octanol–water partition coefficient (Wildman–Crippen LogP) is -1.99. The van der Waals surface area contributed by atoms with Gasteiger partial charge in [0.1, 0.15) is 82.2 Å². The minimum absolute atomic E-state index is 0.0461. The van der Waals surface area contributed by atoms with Gasteiger partial charge in [-0.15, -0.1) is 0 Å². The highest BCUT2D eigenvalue weighted by Gasteiger charge is 2.31. The Kier molecular flexibility index (Phi) is 21.3. The number of hydrogen-bond acceptors (Lipinski definition) is 33. The molecule has 0 spiro atoms. The van der Waals surface area contributed by atoms with E-state index in [4.69, 9.17) is 68.2 Å². The molecular weight excluding hydrogens is 1390 g/mol. The van der Waals surface area contributed by atoms with Crippen LogP contribution in [0, 0.1) is 6.92 Å². The molecule has 0 aliphatic carbocycles. The molecule has 5 unspecified atom stereocenters. The number of imidazole rings is 1. The van der Waals surface area contributed by atoms with Gasteiger partial charge in [0.15, 0.2) is 11.2 Å². The fourth-order valence-corrected chi connectivity index (χ4v) is 11.7. The minimum Gasteiger partial charge on any atom is -0.391 e. The number of nitrogens with zero attached hydrogens (tertiary/aromatic N) is 12. The van der Waals surface area contributed by atoms with Crippen molar-refractivity contribution < 1.29 is 103 Å². The lowest BCUT2D eigenvalue weighted by Crippen LogP contribution is -2.33. The molecule has 47 nitrogen and oxygen atoms in total. The maximum Gasteiger partial charge on any atom is 0.474 e. The van der Waals surface area contributed by atoms with Crippen LogP contribution in [-0.2, 0) is 148 Å². The maximum absolute atomic E-state index is 13.2. The fraction of sp³-hybridized carbons (Fsp3) is 0.302. The van der Waals surface area contributed by atoms with E-state index in [1.165, 1.54) is 16.8 Å². The molecule has 9 aromatic heterocycles. The number of H-pyrrole nitrogens is 3. The highest BCUT2D eigenvalue weighted by atomic mass is 31.2. The number of phosphoric ester groups is 5. The number of nitrogen functional groups attached to an aromatic ring is 4. The molecule has 0 saturated heterocycles. The molecule has 0 aliphatic heterocycles. The van der Waals surface area contributed by atoms with Crippen LogP contribution in [0.3, 0.4) is 0 Å². The zero-order valence-corrected chi connectivity index (χ0v) is 52.6. The summed E-state index contributed by atoms with van der Waals surface area (Å²) in [5.74, 6) is -1.66. The van der Waals surface area contributed by atoms with Gasteiger partial charge in [0.2, 0.25) is 5.95 Å². The van der Waals surface area contributed by atoms with Crippen LogP contribution in [0.2, 0.25) is 0 Å². The summed E-state index contributed by atoms with van der Waals surface area (Å²) in [6, 6.07) is 2.20. The van der Waals surface area contributed by atoms with E-state index in [0.29, 0.717) is 35.9 Å². The average Bonchev–Trinajstić information content (AvgIpc) is 1.66. The lowest BCUT2D eigenvalue weighted by Gasteiger charge is -2.17. The smallest absolute Gasteiger partial charge is 0.391 e. The number of phosphoric acid groups is 5. The largest absolute Gasteiger partial charge is 0.474 e. The zero-order chi connectivity index (χ0) is 69.1. The van der Waals surface area contributed by atoms with Crippen LogP contribution in [0.5, 0.6) is 0 Å². The number of aromatic nitrogens is 15. The van der Waals surface area contributed by atoms with Crippen molar-refractivity contribution in [3.05, 3.63) is 145 Å². The molecule has 9 rings (SSSR count). The first-order valence-electron chi connectivity index (χ1n) is 26.0. The van der Waals surface area contributed by atoms with E-state index < -0.39 is 187 Å². The van der Waals surface area contributed by atoms with Gasteiger partial charge in [0, 0.05) is 64.7 Å². The lowest BCUT2D eigenvalue weighted by atomic mass is 10.1. The van der Waals surface area contributed by atoms with Gasteiger partial charge < -0.3 is 66.7 Å². The molecule has 9 heterocycles. The summed E-state index contributed by atoms with van der Waals surface area (Å²) >= 11 is 0. The summed E-state index contributed by atoms with van der Waals surface area (Å²) < 4.78 is 121. The van der Waals surface area contributed by atoms with E-state index in [9.17, 15) is 86.3 Å². The van der Waals surface area contributed by atoms with Gasteiger partial charge in [-0.25, -0.2) is 57.1 Å². The van der Waals surface area contributed by atoms with Crippen molar-refractivity contribution in [1.29, 1.82) is 0 Å². The molecule has 0 bridgehead atoms. The Bertz CT molecular complexity index is 5080. The topological polar surface area (TPSA) is 680 Å². The maximum atomic E-state index is 13.2. The Balaban J connectivity index is 0.790. The number of aromatic amines is 3. The summed E-state index contributed by atoms with van der Waals surface area (Å²) in [6.45, 7) is -9.35. The van der Waals surface area contributed by atoms with Crippen molar-refractivity contribution in [3.63, 3.8) is 0 Å². The number of anilines is 4. The normalized spacial score (nSPS) is 15.2. The van der Waals surface area contributed by atoms with Gasteiger partial charge in [-0.3, -0.25) is 92.8 Å². The van der Waals surface area contributed by atoms with Crippen molar-refractivity contribution in [2.45, 2.75) is 86.9 Å². The number of aliphatic hydroxyl groups is 2. The zero-order valence-electron chi connectivity index (χ0n) is 48.1. The second-order valence-corrected chi connectivity index (χ2v) is 26.5. The summed E-state index contributed by atoms with van der Waals surface area (Å²) in [4.78, 5) is 157. The van der Waals surface area contributed by atoms with Crippen molar-refractivity contribution in [1.82, 2.24) is 72.3 Å². The van der Waals surface area contributed by atoms with E-state index >= 15 is 0 Å². The molecule has 18 N–H and O–H groups in total. The van der Waals surface area contributed by atoms with Crippen LogP contribution in [0.4, 0.5) is 23.4 Å². The second kappa shape index (κ2) is 28.5. The van der Waals surface area contributed by atoms with E-state index in [1.807, 2.05) is 9.97 Å². The van der Waals surface area contributed by atoms with Crippen LogP contribution >= 0.6 is 39.1 Å².